The first kappa shape index (κ1) is 30.4. The predicted octanol–water partition coefficient (Wildman–Crippen LogP) is 13.4. The number of hydrogen-bond donors (Lipinski definition) is 0. The molecular weight excluding hydrogens is 603 g/mol. The first-order chi connectivity index (χ1) is 24.2. The van der Waals surface area contributed by atoms with Gasteiger partial charge in [0.1, 0.15) is 0 Å². The summed E-state index contributed by atoms with van der Waals surface area (Å²) in [7, 11) is 0. The SMILES string of the molecule is Cc1ccc(-c2ccc(N(c3ccc(-c4ccccc4)cc3)c3c4c(cc5c3C(C)(C)c3ccccc3-5)-c3ccccc3C4(C)C)cc2)cc1. The molecule has 242 valence electrons. The molecule has 1 heteroatoms. The molecule has 0 aliphatic heterocycles. The minimum atomic E-state index is -0.203. The Morgan fingerprint density at radius 2 is 0.760 bits per heavy atom. The Bertz CT molecular complexity index is 2310. The van der Waals surface area contributed by atoms with Gasteiger partial charge in [-0.25, -0.2) is 0 Å². The van der Waals surface area contributed by atoms with Crippen molar-refractivity contribution in [2.45, 2.75) is 45.4 Å². The van der Waals surface area contributed by atoms with Crippen LogP contribution in [0.3, 0.4) is 0 Å². The molecule has 0 bridgehead atoms. The highest BCUT2D eigenvalue weighted by molar-refractivity contribution is 6.00. The standard InChI is InChI=1S/C49H41N/c1-32-19-21-34(22-20-32)36-25-29-38(30-26-36)50(37-27-23-35(24-28-37)33-13-7-6-8-14-33)47-45-41(39-15-9-11-17-43(39)48(45,2)3)31-42-40-16-10-12-18-44(40)49(4,5)46(42)47/h6-31H,1-5H3. The summed E-state index contributed by atoms with van der Waals surface area (Å²) >= 11 is 0. The molecule has 0 spiro atoms. The Kier molecular flexibility index (Phi) is 6.80. The lowest BCUT2D eigenvalue weighted by molar-refractivity contribution is 0.640. The average molecular weight is 644 g/mol. The molecule has 2 aliphatic rings. The molecule has 0 saturated carbocycles. The largest absolute Gasteiger partial charge is 0.310 e. The van der Waals surface area contributed by atoms with E-state index < -0.39 is 0 Å². The normalized spacial score (nSPS) is 14.4. The third-order valence-electron chi connectivity index (χ3n) is 11.3. The van der Waals surface area contributed by atoms with Gasteiger partial charge in [0.05, 0.1) is 5.69 Å². The highest BCUT2D eigenvalue weighted by Gasteiger charge is 2.46. The van der Waals surface area contributed by atoms with E-state index >= 15 is 0 Å². The Morgan fingerprint density at radius 3 is 1.22 bits per heavy atom. The smallest absolute Gasteiger partial charge is 0.0555 e. The highest BCUT2D eigenvalue weighted by atomic mass is 15.2. The molecule has 0 unspecified atom stereocenters. The van der Waals surface area contributed by atoms with E-state index in [-0.39, 0.29) is 10.8 Å². The predicted molar refractivity (Wildman–Crippen MR) is 212 cm³/mol. The third-order valence-corrected chi connectivity index (χ3v) is 11.3. The monoisotopic (exact) mass is 643 g/mol. The molecule has 50 heavy (non-hydrogen) atoms. The van der Waals surface area contributed by atoms with Gasteiger partial charge in [-0.3, -0.25) is 0 Å². The number of fused-ring (bicyclic) bond motifs is 6. The maximum atomic E-state index is 2.56. The number of hydrogen-bond acceptors (Lipinski definition) is 1. The summed E-state index contributed by atoms with van der Waals surface area (Å²) in [6, 6.07) is 58.5. The number of nitrogens with zero attached hydrogens (tertiary/aromatic N) is 1. The summed E-state index contributed by atoms with van der Waals surface area (Å²) in [5.74, 6) is 0. The minimum Gasteiger partial charge on any atom is -0.310 e. The van der Waals surface area contributed by atoms with Crippen molar-refractivity contribution in [1.82, 2.24) is 0 Å². The van der Waals surface area contributed by atoms with Gasteiger partial charge < -0.3 is 4.90 Å². The molecule has 7 aromatic carbocycles. The van der Waals surface area contributed by atoms with Crippen LogP contribution in [-0.2, 0) is 10.8 Å². The second kappa shape index (κ2) is 11.2. The van der Waals surface area contributed by atoms with E-state index in [0.29, 0.717) is 0 Å². The zero-order chi connectivity index (χ0) is 34.2. The maximum absolute atomic E-state index is 2.56. The van der Waals surface area contributed by atoms with Gasteiger partial charge >= 0.3 is 0 Å². The van der Waals surface area contributed by atoms with Crippen LogP contribution in [0.5, 0.6) is 0 Å². The van der Waals surface area contributed by atoms with Gasteiger partial charge in [-0.15, -0.1) is 0 Å². The third kappa shape index (κ3) is 4.53. The molecule has 0 amide bonds. The molecule has 0 atom stereocenters. The van der Waals surface area contributed by atoms with E-state index in [1.807, 2.05) is 0 Å². The van der Waals surface area contributed by atoms with Gasteiger partial charge in [-0.1, -0.05) is 161 Å². The van der Waals surface area contributed by atoms with Crippen molar-refractivity contribution in [2.75, 3.05) is 4.90 Å². The molecule has 9 rings (SSSR count). The first-order valence-corrected chi connectivity index (χ1v) is 17.8. The lowest BCUT2D eigenvalue weighted by Crippen LogP contribution is -2.26. The Hall–Kier alpha value is -5.66. The molecule has 0 fully saturated rings. The van der Waals surface area contributed by atoms with Crippen LogP contribution >= 0.6 is 0 Å². The van der Waals surface area contributed by atoms with Gasteiger partial charge in [0.25, 0.3) is 0 Å². The summed E-state index contributed by atoms with van der Waals surface area (Å²) in [6.07, 6.45) is 0. The molecule has 0 radical (unpaired) electrons. The lowest BCUT2D eigenvalue weighted by atomic mass is 9.75. The van der Waals surface area contributed by atoms with Crippen LogP contribution < -0.4 is 4.90 Å². The molecule has 0 aromatic heterocycles. The van der Waals surface area contributed by atoms with Gasteiger partial charge in [-0.05, 0) is 104 Å². The number of benzene rings is 7. The summed E-state index contributed by atoms with van der Waals surface area (Å²) in [5, 5.41) is 0. The number of aryl methyl sites for hydroxylation is 1. The van der Waals surface area contributed by atoms with E-state index in [1.54, 1.807) is 0 Å². The van der Waals surface area contributed by atoms with Crippen molar-refractivity contribution < 1.29 is 0 Å². The van der Waals surface area contributed by atoms with Gasteiger partial charge in [0.15, 0.2) is 0 Å². The summed E-state index contributed by atoms with van der Waals surface area (Å²) in [4.78, 5) is 2.56. The van der Waals surface area contributed by atoms with Crippen LogP contribution in [0.15, 0.2) is 158 Å². The van der Waals surface area contributed by atoms with Crippen LogP contribution in [0.2, 0.25) is 0 Å². The van der Waals surface area contributed by atoms with Crippen LogP contribution in [0.25, 0.3) is 44.5 Å². The molecule has 1 nitrogen and oxygen atoms in total. The van der Waals surface area contributed by atoms with Crippen LogP contribution in [-0.4, -0.2) is 0 Å². The number of anilines is 3. The van der Waals surface area contributed by atoms with Gasteiger partial charge in [0.2, 0.25) is 0 Å². The zero-order valence-corrected chi connectivity index (χ0v) is 29.5. The average Bonchev–Trinajstić information content (AvgIpc) is 3.52. The Labute approximate surface area is 296 Å². The first-order valence-electron chi connectivity index (χ1n) is 17.8. The van der Waals surface area contributed by atoms with E-state index in [4.69, 9.17) is 0 Å². The van der Waals surface area contributed by atoms with Crippen molar-refractivity contribution >= 4 is 17.1 Å². The molecule has 2 aliphatic carbocycles. The molecular formula is C49H41N. The van der Waals surface area contributed by atoms with Crippen LogP contribution in [0, 0.1) is 6.92 Å². The maximum Gasteiger partial charge on any atom is 0.0555 e. The van der Waals surface area contributed by atoms with E-state index in [9.17, 15) is 0 Å². The fraction of sp³-hybridized carbons (Fsp3) is 0.143. The lowest BCUT2D eigenvalue weighted by Gasteiger charge is -2.37. The Morgan fingerprint density at radius 1 is 0.380 bits per heavy atom. The second-order valence-corrected chi connectivity index (χ2v) is 15.1. The fourth-order valence-corrected chi connectivity index (χ4v) is 8.77. The van der Waals surface area contributed by atoms with Crippen LogP contribution in [0.4, 0.5) is 17.1 Å². The quantitative estimate of drug-likeness (QED) is 0.180. The van der Waals surface area contributed by atoms with Crippen molar-refractivity contribution in [3.63, 3.8) is 0 Å². The van der Waals surface area contributed by atoms with E-state index in [2.05, 4.69) is 197 Å². The summed E-state index contributed by atoms with van der Waals surface area (Å²) in [6.45, 7) is 11.8. The highest BCUT2D eigenvalue weighted by Crippen LogP contribution is 2.62. The van der Waals surface area contributed by atoms with Crippen molar-refractivity contribution in [2.24, 2.45) is 0 Å². The molecule has 7 aromatic rings. The topological polar surface area (TPSA) is 3.24 Å². The van der Waals surface area contributed by atoms with Crippen molar-refractivity contribution in [1.29, 1.82) is 0 Å². The zero-order valence-electron chi connectivity index (χ0n) is 29.5. The second-order valence-electron chi connectivity index (χ2n) is 15.1. The Balaban J connectivity index is 1.34. The van der Waals surface area contributed by atoms with Gasteiger partial charge in [-0.2, -0.15) is 0 Å². The molecule has 0 N–H and O–H groups in total. The minimum absolute atomic E-state index is 0.203. The van der Waals surface area contributed by atoms with Crippen LogP contribution in [0.1, 0.15) is 55.5 Å². The van der Waals surface area contributed by atoms with E-state index in [0.717, 1.165) is 11.4 Å². The summed E-state index contributed by atoms with van der Waals surface area (Å²) < 4.78 is 0. The van der Waals surface area contributed by atoms with E-state index in [1.165, 1.54) is 78.0 Å². The molecule has 0 saturated heterocycles. The van der Waals surface area contributed by atoms with Gasteiger partial charge in [0, 0.05) is 22.2 Å². The van der Waals surface area contributed by atoms with Crippen molar-refractivity contribution in [3.05, 3.63) is 186 Å². The van der Waals surface area contributed by atoms with Crippen molar-refractivity contribution in [3.8, 4) is 44.5 Å². The fourth-order valence-electron chi connectivity index (χ4n) is 8.77. The summed E-state index contributed by atoms with van der Waals surface area (Å²) in [5.41, 5.74) is 20.3. The number of rotatable bonds is 5. The molecule has 0 heterocycles.